The fourth-order valence-corrected chi connectivity index (χ4v) is 4.46. The molecule has 3 aliphatic heterocycles. The Hall–Kier alpha value is -2.98. The summed E-state index contributed by atoms with van der Waals surface area (Å²) in [6, 6.07) is 9.09. The molecule has 4 rings (SSSR count). The molecule has 5 amide bonds. The molecule has 0 saturated carbocycles. The van der Waals surface area contributed by atoms with Crippen LogP contribution in [-0.2, 0) is 25.5 Å². The lowest BCUT2D eigenvalue weighted by atomic mass is 9.93. The Labute approximate surface area is 193 Å². The molecular weight excluding hydrogens is 426 g/mol. The van der Waals surface area contributed by atoms with Crippen molar-refractivity contribution >= 4 is 23.8 Å². The Morgan fingerprint density at radius 1 is 1.15 bits per heavy atom. The Morgan fingerprint density at radius 2 is 1.88 bits per heavy atom. The maximum absolute atomic E-state index is 12.9. The van der Waals surface area contributed by atoms with E-state index in [4.69, 9.17) is 4.74 Å². The summed E-state index contributed by atoms with van der Waals surface area (Å²) < 4.78 is 5.47. The first kappa shape index (κ1) is 23.2. The summed E-state index contributed by atoms with van der Waals surface area (Å²) in [6.45, 7) is 4.47. The molecule has 0 bridgehead atoms. The van der Waals surface area contributed by atoms with Gasteiger partial charge in [0.25, 0.3) is 17.7 Å². The minimum Gasteiger partial charge on any atom is -0.368 e. The van der Waals surface area contributed by atoms with Crippen molar-refractivity contribution in [2.24, 2.45) is 0 Å². The lowest BCUT2D eigenvalue weighted by Gasteiger charge is -2.35. The number of urea groups is 1. The van der Waals surface area contributed by atoms with Gasteiger partial charge in [0.15, 0.2) is 0 Å². The molecular formula is C23H31N5O5. The number of imide groups is 1. The van der Waals surface area contributed by atoms with E-state index in [0.717, 1.165) is 23.4 Å². The molecule has 2 atom stereocenters. The Kier molecular flexibility index (Phi) is 6.94. The molecule has 2 N–H and O–H groups in total. The predicted octanol–water partition coefficient (Wildman–Crippen LogP) is 0.284. The van der Waals surface area contributed by atoms with Crippen molar-refractivity contribution in [2.45, 2.75) is 44.2 Å². The Morgan fingerprint density at radius 3 is 2.55 bits per heavy atom. The first-order valence-electron chi connectivity index (χ1n) is 11.5. The van der Waals surface area contributed by atoms with Gasteiger partial charge in [-0.25, -0.2) is 4.79 Å². The van der Waals surface area contributed by atoms with Gasteiger partial charge in [0.2, 0.25) is 0 Å². The van der Waals surface area contributed by atoms with Crippen LogP contribution in [-0.4, -0.2) is 89.5 Å². The number of carbonyl (C=O) groups is 4. The highest BCUT2D eigenvalue weighted by atomic mass is 16.5. The van der Waals surface area contributed by atoms with E-state index in [0.29, 0.717) is 45.6 Å². The second-order valence-electron chi connectivity index (χ2n) is 9.03. The second kappa shape index (κ2) is 9.88. The summed E-state index contributed by atoms with van der Waals surface area (Å²) in [5.74, 6) is -0.890. The SMILES string of the molecule is CC1(CCc2ccccc2)NC(=O)N(NC(=O)CN2CCN(C(=O)C3CCCO3)CC2)C1=O. The van der Waals surface area contributed by atoms with Crippen molar-refractivity contribution in [3.05, 3.63) is 35.9 Å². The molecule has 1 aromatic rings. The highest BCUT2D eigenvalue weighted by Crippen LogP contribution is 2.22. The second-order valence-corrected chi connectivity index (χ2v) is 9.03. The molecule has 10 nitrogen and oxygen atoms in total. The normalized spacial score (nSPS) is 25.9. The Bertz CT molecular complexity index is 896. The number of hydrogen-bond donors (Lipinski definition) is 2. The van der Waals surface area contributed by atoms with E-state index < -0.39 is 23.4 Å². The van der Waals surface area contributed by atoms with E-state index >= 15 is 0 Å². The summed E-state index contributed by atoms with van der Waals surface area (Å²) in [5.41, 5.74) is 2.44. The molecule has 0 radical (unpaired) electrons. The van der Waals surface area contributed by atoms with Crippen LogP contribution in [0.1, 0.15) is 31.7 Å². The van der Waals surface area contributed by atoms with Gasteiger partial charge in [-0.2, -0.15) is 5.01 Å². The van der Waals surface area contributed by atoms with Crippen LogP contribution in [0.5, 0.6) is 0 Å². The first-order valence-corrected chi connectivity index (χ1v) is 11.5. The Balaban J connectivity index is 1.24. The molecule has 33 heavy (non-hydrogen) atoms. The number of rotatable bonds is 7. The molecule has 3 saturated heterocycles. The average Bonchev–Trinajstić information content (AvgIpc) is 3.42. The van der Waals surface area contributed by atoms with E-state index in [1.807, 2.05) is 35.2 Å². The van der Waals surface area contributed by atoms with Gasteiger partial charge in [0, 0.05) is 32.8 Å². The minimum absolute atomic E-state index is 0.0192. The third kappa shape index (κ3) is 5.33. The van der Waals surface area contributed by atoms with Crippen LogP contribution in [0, 0.1) is 0 Å². The quantitative estimate of drug-likeness (QED) is 0.569. The number of aryl methyl sites for hydroxylation is 1. The van der Waals surface area contributed by atoms with Crippen molar-refractivity contribution in [2.75, 3.05) is 39.3 Å². The maximum Gasteiger partial charge on any atom is 0.344 e. The molecule has 0 aromatic heterocycles. The van der Waals surface area contributed by atoms with Crippen molar-refractivity contribution in [3.63, 3.8) is 0 Å². The number of ether oxygens (including phenoxy) is 1. The van der Waals surface area contributed by atoms with Crippen LogP contribution in [0.2, 0.25) is 0 Å². The van der Waals surface area contributed by atoms with E-state index in [2.05, 4.69) is 10.7 Å². The number of nitrogens with one attached hydrogen (secondary N) is 2. The molecule has 0 spiro atoms. The monoisotopic (exact) mass is 457 g/mol. The van der Waals surface area contributed by atoms with Gasteiger partial charge in [-0.1, -0.05) is 30.3 Å². The van der Waals surface area contributed by atoms with Crippen LogP contribution in [0.25, 0.3) is 0 Å². The van der Waals surface area contributed by atoms with Crippen LogP contribution in [0.15, 0.2) is 30.3 Å². The zero-order valence-corrected chi connectivity index (χ0v) is 18.9. The van der Waals surface area contributed by atoms with Crippen molar-refractivity contribution in [1.82, 2.24) is 25.6 Å². The maximum atomic E-state index is 12.9. The zero-order chi connectivity index (χ0) is 23.4. The summed E-state index contributed by atoms with van der Waals surface area (Å²) in [4.78, 5) is 54.0. The van der Waals surface area contributed by atoms with E-state index in [9.17, 15) is 19.2 Å². The standard InChI is InChI=1S/C23H31N5O5/c1-23(10-9-17-6-3-2-4-7-17)21(31)28(22(32)24-23)25-19(29)16-26-11-13-27(14-12-26)20(30)18-8-5-15-33-18/h2-4,6-7,18H,5,8-16H2,1H3,(H,24,32)(H,25,29). The molecule has 3 aliphatic rings. The van der Waals surface area contributed by atoms with E-state index in [1.165, 1.54) is 0 Å². The van der Waals surface area contributed by atoms with Crippen LogP contribution in [0.3, 0.4) is 0 Å². The van der Waals surface area contributed by atoms with Crippen molar-refractivity contribution in [1.29, 1.82) is 0 Å². The molecule has 2 unspecified atom stereocenters. The van der Waals surface area contributed by atoms with Gasteiger partial charge < -0.3 is 15.0 Å². The summed E-state index contributed by atoms with van der Waals surface area (Å²) in [7, 11) is 0. The van der Waals surface area contributed by atoms with Crippen LogP contribution >= 0.6 is 0 Å². The van der Waals surface area contributed by atoms with Crippen LogP contribution < -0.4 is 10.7 Å². The molecule has 178 valence electrons. The summed E-state index contributed by atoms with van der Waals surface area (Å²) >= 11 is 0. The van der Waals surface area contributed by atoms with Gasteiger partial charge in [-0.3, -0.25) is 24.7 Å². The lowest BCUT2D eigenvalue weighted by Crippen LogP contribution is -2.55. The van der Waals surface area contributed by atoms with Gasteiger partial charge in [-0.05, 0) is 38.2 Å². The third-order valence-corrected chi connectivity index (χ3v) is 6.51. The number of hydrazine groups is 1. The van der Waals surface area contributed by atoms with Crippen molar-refractivity contribution < 1.29 is 23.9 Å². The fourth-order valence-electron chi connectivity index (χ4n) is 4.46. The van der Waals surface area contributed by atoms with Crippen LogP contribution in [0.4, 0.5) is 4.79 Å². The number of nitrogens with zero attached hydrogens (tertiary/aromatic N) is 3. The van der Waals surface area contributed by atoms with E-state index in [-0.39, 0.29) is 18.6 Å². The van der Waals surface area contributed by atoms with Gasteiger partial charge in [0.1, 0.15) is 11.6 Å². The topological polar surface area (TPSA) is 111 Å². The minimum atomic E-state index is -1.07. The van der Waals surface area contributed by atoms with Gasteiger partial charge in [-0.15, -0.1) is 0 Å². The molecule has 3 heterocycles. The van der Waals surface area contributed by atoms with Gasteiger partial charge in [0.05, 0.1) is 6.54 Å². The number of carbonyl (C=O) groups excluding carboxylic acids is 4. The molecule has 0 aliphatic carbocycles. The zero-order valence-electron chi connectivity index (χ0n) is 18.9. The largest absolute Gasteiger partial charge is 0.368 e. The predicted molar refractivity (Wildman–Crippen MR) is 119 cm³/mol. The lowest BCUT2D eigenvalue weighted by molar-refractivity contribution is -0.143. The van der Waals surface area contributed by atoms with Gasteiger partial charge >= 0.3 is 6.03 Å². The fraction of sp³-hybridized carbons (Fsp3) is 0.565. The highest BCUT2D eigenvalue weighted by molar-refractivity contribution is 6.07. The average molecular weight is 458 g/mol. The third-order valence-electron chi connectivity index (χ3n) is 6.51. The molecule has 10 heteroatoms. The number of benzene rings is 1. The highest BCUT2D eigenvalue weighted by Gasteiger charge is 2.48. The number of hydrogen-bond acceptors (Lipinski definition) is 6. The summed E-state index contributed by atoms with van der Waals surface area (Å²) in [6.07, 6.45) is 2.38. The number of amides is 5. The number of piperazine rings is 1. The van der Waals surface area contributed by atoms with E-state index in [1.54, 1.807) is 11.8 Å². The summed E-state index contributed by atoms with van der Waals surface area (Å²) in [5, 5.41) is 3.49. The molecule has 3 fully saturated rings. The molecule has 1 aromatic carbocycles. The van der Waals surface area contributed by atoms with Crippen molar-refractivity contribution in [3.8, 4) is 0 Å². The smallest absolute Gasteiger partial charge is 0.344 e. The first-order chi connectivity index (χ1) is 15.9.